The van der Waals surface area contributed by atoms with Gasteiger partial charge in [-0.2, -0.15) is 0 Å². The van der Waals surface area contributed by atoms with Crippen molar-refractivity contribution in [2.24, 2.45) is 0 Å². The third kappa shape index (κ3) is 4.06. The van der Waals surface area contributed by atoms with Gasteiger partial charge < -0.3 is 15.0 Å². The number of nitrogens with zero attached hydrogens (tertiary/aromatic N) is 3. The maximum Gasteiger partial charge on any atom is 0.228 e. The fraction of sp³-hybridized carbons (Fsp3) is 0.318. The van der Waals surface area contributed by atoms with Gasteiger partial charge in [0.05, 0.1) is 19.0 Å². The number of benzene rings is 2. The summed E-state index contributed by atoms with van der Waals surface area (Å²) in [5, 5.41) is 3.99. The van der Waals surface area contributed by atoms with Gasteiger partial charge >= 0.3 is 0 Å². The van der Waals surface area contributed by atoms with Crippen molar-refractivity contribution in [3.8, 4) is 5.75 Å². The van der Waals surface area contributed by atoms with Crippen molar-refractivity contribution in [2.45, 2.75) is 25.7 Å². The minimum atomic E-state index is -0.0714. The molecule has 0 radical (unpaired) electrons. The lowest BCUT2D eigenvalue weighted by molar-refractivity contribution is -0.115. The summed E-state index contributed by atoms with van der Waals surface area (Å²) in [5.41, 5.74) is 2.49. The summed E-state index contributed by atoms with van der Waals surface area (Å²) in [7, 11) is 1.62. The first-order valence-electron chi connectivity index (χ1n) is 9.65. The Kier molecular flexibility index (Phi) is 5.37. The summed E-state index contributed by atoms with van der Waals surface area (Å²) < 4.78 is 5.21. The molecule has 0 bridgehead atoms. The van der Waals surface area contributed by atoms with Crippen molar-refractivity contribution in [2.75, 3.05) is 30.4 Å². The average Bonchev–Trinajstić information content (AvgIpc) is 2.74. The summed E-state index contributed by atoms with van der Waals surface area (Å²) in [6.45, 7) is 2.07. The van der Waals surface area contributed by atoms with E-state index in [4.69, 9.17) is 4.74 Å². The lowest BCUT2D eigenvalue weighted by Gasteiger charge is -2.28. The van der Waals surface area contributed by atoms with E-state index in [1.807, 2.05) is 42.5 Å². The number of carbonyl (C=O) groups is 1. The van der Waals surface area contributed by atoms with Crippen molar-refractivity contribution in [3.05, 3.63) is 54.4 Å². The van der Waals surface area contributed by atoms with Gasteiger partial charge in [-0.3, -0.25) is 4.79 Å². The number of ether oxygens (including phenoxy) is 1. The molecule has 1 aliphatic rings. The number of rotatable bonds is 5. The van der Waals surface area contributed by atoms with Crippen LogP contribution in [0, 0.1) is 0 Å². The maximum absolute atomic E-state index is 12.4. The normalized spacial score (nSPS) is 14.1. The van der Waals surface area contributed by atoms with Crippen LogP contribution >= 0.6 is 0 Å². The highest BCUT2D eigenvalue weighted by Gasteiger charge is 2.15. The molecule has 2 aromatic carbocycles. The number of fused-ring (bicyclic) bond motifs is 1. The second kappa shape index (κ2) is 8.25. The van der Waals surface area contributed by atoms with E-state index in [-0.39, 0.29) is 12.3 Å². The highest BCUT2D eigenvalue weighted by molar-refractivity contribution is 5.97. The van der Waals surface area contributed by atoms with Crippen LogP contribution in [-0.2, 0) is 11.2 Å². The zero-order valence-corrected chi connectivity index (χ0v) is 16.0. The van der Waals surface area contributed by atoms with Crippen molar-refractivity contribution in [1.29, 1.82) is 0 Å². The highest BCUT2D eigenvalue weighted by atomic mass is 16.5. The molecule has 1 saturated heterocycles. The van der Waals surface area contributed by atoms with Crippen LogP contribution in [0.5, 0.6) is 5.75 Å². The summed E-state index contributed by atoms with van der Waals surface area (Å²) in [6.07, 6.45) is 5.57. The molecule has 6 heteroatoms. The minimum Gasteiger partial charge on any atom is -0.497 e. The summed E-state index contributed by atoms with van der Waals surface area (Å²) in [5.74, 6) is 1.66. The van der Waals surface area contributed by atoms with Crippen LogP contribution in [0.3, 0.4) is 0 Å². The molecule has 2 heterocycles. The monoisotopic (exact) mass is 376 g/mol. The predicted octanol–water partition coefficient (Wildman–Crippen LogP) is 3.81. The van der Waals surface area contributed by atoms with Crippen LogP contribution in [0.15, 0.2) is 48.8 Å². The Labute approximate surface area is 164 Å². The number of carbonyl (C=O) groups excluding carboxylic acids is 1. The van der Waals surface area contributed by atoms with Gasteiger partial charge in [0.25, 0.3) is 0 Å². The lowest BCUT2D eigenvalue weighted by Crippen LogP contribution is -2.30. The predicted molar refractivity (Wildman–Crippen MR) is 111 cm³/mol. The minimum absolute atomic E-state index is 0.0714. The third-order valence-electron chi connectivity index (χ3n) is 5.05. The molecule has 0 atom stereocenters. The molecule has 0 unspecified atom stereocenters. The van der Waals surface area contributed by atoms with Gasteiger partial charge in [0, 0.05) is 24.2 Å². The summed E-state index contributed by atoms with van der Waals surface area (Å²) >= 11 is 0. The lowest BCUT2D eigenvalue weighted by atomic mass is 10.1. The van der Waals surface area contributed by atoms with E-state index < -0.39 is 0 Å². The van der Waals surface area contributed by atoms with Gasteiger partial charge in [-0.1, -0.05) is 12.1 Å². The third-order valence-corrected chi connectivity index (χ3v) is 5.05. The zero-order valence-electron chi connectivity index (χ0n) is 16.0. The Hall–Kier alpha value is -3.15. The Morgan fingerprint density at radius 2 is 1.96 bits per heavy atom. The number of hydrogen-bond acceptors (Lipinski definition) is 5. The number of methoxy groups -OCH3 is 1. The van der Waals surface area contributed by atoms with Gasteiger partial charge in [0.15, 0.2) is 0 Å². The topological polar surface area (TPSA) is 67.3 Å². The second-order valence-corrected chi connectivity index (χ2v) is 7.05. The molecule has 6 nitrogen and oxygen atoms in total. The molecule has 3 aromatic rings. The number of aromatic nitrogens is 2. The first kappa shape index (κ1) is 18.2. The van der Waals surface area contributed by atoms with Crippen molar-refractivity contribution < 1.29 is 9.53 Å². The first-order chi connectivity index (χ1) is 13.7. The molecule has 0 spiro atoms. The van der Waals surface area contributed by atoms with Crippen molar-refractivity contribution in [3.63, 3.8) is 0 Å². The van der Waals surface area contributed by atoms with E-state index in [1.54, 1.807) is 13.4 Å². The summed E-state index contributed by atoms with van der Waals surface area (Å²) in [6, 6.07) is 13.4. The molecular weight excluding hydrogens is 352 g/mol. The Morgan fingerprint density at radius 3 is 2.79 bits per heavy atom. The van der Waals surface area contributed by atoms with Crippen LogP contribution in [0.2, 0.25) is 0 Å². The van der Waals surface area contributed by atoms with Crippen molar-refractivity contribution >= 4 is 28.3 Å². The van der Waals surface area contributed by atoms with E-state index in [0.29, 0.717) is 0 Å². The van der Waals surface area contributed by atoms with Gasteiger partial charge in [-0.15, -0.1) is 0 Å². The van der Waals surface area contributed by atoms with Gasteiger partial charge in [-0.05, 0) is 55.2 Å². The van der Waals surface area contributed by atoms with E-state index >= 15 is 0 Å². The Balaban J connectivity index is 1.50. The fourth-order valence-corrected chi connectivity index (χ4v) is 3.65. The van der Waals surface area contributed by atoms with Crippen molar-refractivity contribution in [1.82, 2.24) is 9.97 Å². The molecular formula is C22H24N4O2. The molecule has 4 rings (SSSR count). The SMILES string of the molecule is COc1cccc(CC(=O)Nc2ccc3c(N4CCCCC4)ncnc3c2)c1. The number of nitrogens with one attached hydrogen (secondary N) is 1. The number of anilines is 2. The van der Waals surface area contributed by atoms with Crippen LogP contribution in [0.4, 0.5) is 11.5 Å². The summed E-state index contributed by atoms with van der Waals surface area (Å²) in [4.78, 5) is 23.7. The smallest absolute Gasteiger partial charge is 0.228 e. The maximum atomic E-state index is 12.4. The quantitative estimate of drug-likeness (QED) is 0.733. The standard InChI is InChI=1S/C22H24N4O2/c1-28-18-7-5-6-16(12-18)13-21(27)25-17-8-9-19-20(14-17)23-15-24-22(19)26-10-3-2-4-11-26/h5-9,12,14-15H,2-4,10-11,13H2,1H3,(H,25,27). The average molecular weight is 376 g/mol. The van der Waals surface area contributed by atoms with Gasteiger partial charge in [0.2, 0.25) is 5.91 Å². The van der Waals surface area contributed by atoms with E-state index in [0.717, 1.165) is 46.8 Å². The molecule has 1 aliphatic heterocycles. The van der Waals surface area contributed by atoms with Gasteiger partial charge in [0.1, 0.15) is 17.9 Å². The number of amides is 1. The second-order valence-electron chi connectivity index (χ2n) is 7.05. The van der Waals surface area contributed by atoms with Crippen LogP contribution in [-0.4, -0.2) is 36.1 Å². The van der Waals surface area contributed by atoms with Crippen LogP contribution in [0.1, 0.15) is 24.8 Å². The van der Waals surface area contributed by atoms with Gasteiger partial charge in [-0.25, -0.2) is 9.97 Å². The Morgan fingerprint density at radius 1 is 1.11 bits per heavy atom. The van der Waals surface area contributed by atoms with E-state index in [2.05, 4.69) is 20.2 Å². The van der Waals surface area contributed by atoms with E-state index in [1.165, 1.54) is 19.3 Å². The highest BCUT2D eigenvalue weighted by Crippen LogP contribution is 2.27. The largest absolute Gasteiger partial charge is 0.497 e. The molecule has 1 N–H and O–H groups in total. The molecule has 144 valence electrons. The molecule has 1 aromatic heterocycles. The fourth-order valence-electron chi connectivity index (χ4n) is 3.65. The molecule has 0 aliphatic carbocycles. The van der Waals surface area contributed by atoms with Crippen LogP contribution < -0.4 is 15.0 Å². The van der Waals surface area contributed by atoms with E-state index in [9.17, 15) is 4.79 Å². The molecule has 1 fully saturated rings. The number of piperidine rings is 1. The molecule has 0 saturated carbocycles. The number of hydrogen-bond donors (Lipinski definition) is 1. The zero-order chi connectivity index (χ0) is 19.3. The van der Waals surface area contributed by atoms with Crippen LogP contribution in [0.25, 0.3) is 10.9 Å². The first-order valence-corrected chi connectivity index (χ1v) is 9.65. The Bertz CT molecular complexity index is 983. The molecule has 1 amide bonds. The molecule has 28 heavy (non-hydrogen) atoms.